The third-order valence-corrected chi connectivity index (χ3v) is 9.51. The molecule has 0 spiro atoms. The van der Waals surface area contributed by atoms with Crippen molar-refractivity contribution in [3.63, 3.8) is 0 Å². The topological polar surface area (TPSA) is 139 Å². The van der Waals surface area contributed by atoms with Crippen LogP contribution in [0.3, 0.4) is 0 Å². The number of ketones is 1. The number of benzene rings is 1. The number of carbonyl (C=O) groups excluding carboxylic acids is 3. The summed E-state index contributed by atoms with van der Waals surface area (Å²) >= 11 is 0. The SMILES string of the molecule is O=C(N[C@H](CC1CCCCC1)C(=O)N[C@@H]1CCCN(S(=O)(=O)c2ccccn2)CC1=O)c1cc2ccccc2o1. The van der Waals surface area contributed by atoms with E-state index < -0.39 is 39.7 Å². The van der Waals surface area contributed by atoms with Gasteiger partial charge in [0.1, 0.15) is 11.6 Å². The predicted molar refractivity (Wildman–Crippen MR) is 148 cm³/mol. The maximum absolute atomic E-state index is 13.5. The summed E-state index contributed by atoms with van der Waals surface area (Å²) in [5, 5.41) is 6.34. The van der Waals surface area contributed by atoms with Gasteiger partial charge in [-0.15, -0.1) is 0 Å². The number of sulfonamides is 1. The number of para-hydroxylation sites is 1. The molecular formula is C29H34N4O6S. The van der Waals surface area contributed by atoms with E-state index in [0.717, 1.165) is 41.8 Å². The van der Waals surface area contributed by atoms with Gasteiger partial charge >= 0.3 is 0 Å². The molecule has 2 fully saturated rings. The minimum atomic E-state index is -3.94. The van der Waals surface area contributed by atoms with E-state index in [1.54, 1.807) is 24.3 Å². The van der Waals surface area contributed by atoms with Crippen LogP contribution in [0.4, 0.5) is 0 Å². The number of Topliss-reactive ketones (excluding diaryl/α,β-unsaturated/α-hetero) is 1. The van der Waals surface area contributed by atoms with Crippen LogP contribution in [0.5, 0.6) is 0 Å². The quantitative estimate of drug-likeness (QED) is 0.426. The Morgan fingerprint density at radius 2 is 1.80 bits per heavy atom. The second-order valence-electron chi connectivity index (χ2n) is 10.6. The van der Waals surface area contributed by atoms with Crippen LogP contribution in [0, 0.1) is 5.92 Å². The van der Waals surface area contributed by atoms with E-state index in [0.29, 0.717) is 24.8 Å². The lowest BCUT2D eigenvalue weighted by atomic mass is 9.84. The number of aromatic nitrogens is 1. The van der Waals surface area contributed by atoms with Crippen molar-refractivity contribution in [1.82, 2.24) is 19.9 Å². The summed E-state index contributed by atoms with van der Waals surface area (Å²) in [6.07, 6.45) is 7.82. The first-order valence-corrected chi connectivity index (χ1v) is 15.3. The van der Waals surface area contributed by atoms with E-state index in [1.807, 2.05) is 18.2 Å². The zero-order valence-corrected chi connectivity index (χ0v) is 23.1. The molecule has 0 unspecified atom stereocenters. The van der Waals surface area contributed by atoms with Crippen molar-refractivity contribution in [3.05, 3.63) is 60.5 Å². The molecule has 0 bridgehead atoms. The monoisotopic (exact) mass is 566 g/mol. The van der Waals surface area contributed by atoms with Crippen molar-refractivity contribution in [1.29, 1.82) is 0 Å². The van der Waals surface area contributed by atoms with E-state index in [-0.39, 0.29) is 29.8 Å². The van der Waals surface area contributed by atoms with Crippen molar-refractivity contribution in [2.75, 3.05) is 13.1 Å². The Balaban J connectivity index is 1.28. The summed E-state index contributed by atoms with van der Waals surface area (Å²) in [5.41, 5.74) is 0.579. The van der Waals surface area contributed by atoms with Gasteiger partial charge in [0, 0.05) is 18.1 Å². The summed E-state index contributed by atoms with van der Waals surface area (Å²) in [6.45, 7) is -0.214. The van der Waals surface area contributed by atoms with Crippen molar-refractivity contribution < 1.29 is 27.2 Å². The molecule has 1 saturated heterocycles. The molecule has 1 saturated carbocycles. The molecule has 0 radical (unpaired) electrons. The van der Waals surface area contributed by atoms with Crippen molar-refractivity contribution >= 4 is 38.6 Å². The van der Waals surface area contributed by atoms with Gasteiger partial charge in [-0.2, -0.15) is 4.31 Å². The summed E-state index contributed by atoms with van der Waals surface area (Å²) < 4.78 is 32.9. The summed E-state index contributed by atoms with van der Waals surface area (Å²) in [4.78, 5) is 43.8. The van der Waals surface area contributed by atoms with Crippen LogP contribution in [-0.4, -0.2) is 60.5 Å². The highest BCUT2D eigenvalue weighted by Gasteiger charge is 2.35. The molecule has 2 N–H and O–H groups in total. The van der Waals surface area contributed by atoms with Gasteiger partial charge in [-0.05, 0) is 49.4 Å². The number of hydrogen-bond donors (Lipinski definition) is 2. The van der Waals surface area contributed by atoms with Crippen LogP contribution in [0.2, 0.25) is 0 Å². The van der Waals surface area contributed by atoms with Gasteiger partial charge in [-0.1, -0.05) is 56.4 Å². The van der Waals surface area contributed by atoms with E-state index >= 15 is 0 Å². The molecule has 1 aromatic carbocycles. The molecule has 1 aliphatic carbocycles. The molecule has 212 valence electrons. The third-order valence-electron chi connectivity index (χ3n) is 7.74. The normalized spacial score (nSPS) is 20.1. The lowest BCUT2D eigenvalue weighted by Crippen LogP contribution is -2.53. The molecule has 40 heavy (non-hydrogen) atoms. The van der Waals surface area contributed by atoms with Gasteiger partial charge in [-0.3, -0.25) is 14.4 Å². The Morgan fingerprint density at radius 1 is 1.02 bits per heavy atom. The van der Waals surface area contributed by atoms with Gasteiger partial charge in [0.05, 0.1) is 12.6 Å². The molecule has 3 heterocycles. The van der Waals surface area contributed by atoms with Crippen LogP contribution >= 0.6 is 0 Å². The number of hydrogen-bond acceptors (Lipinski definition) is 7. The first kappa shape index (κ1) is 28.0. The fourth-order valence-corrected chi connectivity index (χ4v) is 6.94. The summed E-state index contributed by atoms with van der Waals surface area (Å²) in [7, 11) is -3.94. The van der Waals surface area contributed by atoms with Gasteiger partial charge in [0.25, 0.3) is 15.9 Å². The van der Waals surface area contributed by atoms with Crippen molar-refractivity contribution in [3.8, 4) is 0 Å². The highest BCUT2D eigenvalue weighted by atomic mass is 32.2. The first-order valence-electron chi connectivity index (χ1n) is 13.8. The average Bonchev–Trinajstić information content (AvgIpc) is 3.32. The molecule has 2 aromatic heterocycles. The van der Waals surface area contributed by atoms with Crippen LogP contribution in [0.25, 0.3) is 11.0 Å². The molecule has 1 aliphatic heterocycles. The molecule has 2 atom stereocenters. The van der Waals surface area contributed by atoms with Crippen LogP contribution in [-0.2, 0) is 19.6 Å². The fourth-order valence-electron chi connectivity index (χ4n) is 5.57. The minimum Gasteiger partial charge on any atom is -0.451 e. The van der Waals surface area contributed by atoms with E-state index in [1.165, 1.54) is 12.3 Å². The molecule has 10 nitrogen and oxygen atoms in total. The van der Waals surface area contributed by atoms with Crippen molar-refractivity contribution in [2.24, 2.45) is 5.92 Å². The average molecular weight is 567 g/mol. The number of amides is 2. The second kappa shape index (κ2) is 12.3. The van der Waals surface area contributed by atoms with Crippen molar-refractivity contribution in [2.45, 2.75) is 68.5 Å². The van der Waals surface area contributed by atoms with Crippen LogP contribution in [0.15, 0.2) is 64.2 Å². The van der Waals surface area contributed by atoms with Crippen LogP contribution in [0.1, 0.15) is 61.9 Å². The molecule has 5 rings (SSSR count). The third kappa shape index (κ3) is 6.42. The van der Waals surface area contributed by atoms with Gasteiger partial charge in [0.2, 0.25) is 5.91 Å². The lowest BCUT2D eigenvalue weighted by Gasteiger charge is -2.27. The molecule has 11 heteroatoms. The fraction of sp³-hybridized carbons (Fsp3) is 0.448. The smallest absolute Gasteiger partial charge is 0.287 e. The molecule has 2 aliphatic rings. The molecular weight excluding hydrogens is 532 g/mol. The number of nitrogens with zero attached hydrogens (tertiary/aromatic N) is 2. The largest absolute Gasteiger partial charge is 0.451 e. The number of carbonyl (C=O) groups is 3. The Kier molecular flexibility index (Phi) is 8.60. The molecule has 3 aromatic rings. The Hall–Kier alpha value is -3.57. The second-order valence-corrected chi connectivity index (χ2v) is 12.5. The standard InChI is InChI=1S/C29H34N4O6S/c34-24-19-33(40(37,38)27-14-6-7-15-30-27)16-8-12-22(24)31-28(35)23(17-20-9-2-1-3-10-20)32-29(36)26-18-21-11-4-5-13-25(21)39-26/h4-7,11,13-15,18,20,22-23H,1-3,8-10,12,16-17,19H2,(H,31,35)(H,32,36)/t22-,23-/m1/s1. The maximum Gasteiger partial charge on any atom is 0.287 e. The number of fused-ring (bicyclic) bond motifs is 1. The predicted octanol–water partition coefficient (Wildman–Crippen LogP) is 3.44. The summed E-state index contributed by atoms with van der Waals surface area (Å²) in [6, 6.07) is 11.8. The first-order chi connectivity index (χ1) is 19.3. The lowest BCUT2D eigenvalue weighted by molar-refractivity contribution is -0.129. The van der Waals surface area contributed by atoms with Gasteiger partial charge < -0.3 is 15.1 Å². The number of pyridine rings is 1. The number of furan rings is 1. The Morgan fingerprint density at radius 3 is 2.55 bits per heavy atom. The van der Waals surface area contributed by atoms with E-state index in [4.69, 9.17) is 4.42 Å². The van der Waals surface area contributed by atoms with Gasteiger partial charge in [0.15, 0.2) is 16.6 Å². The number of nitrogens with one attached hydrogen (secondary N) is 2. The Bertz CT molecular complexity index is 1430. The van der Waals surface area contributed by atoms with E-state index in [2.05, 4.69) is 15.6 Å². The molecule has 2 amide bonds. The van der Waals surface area contributed by atoms with Gasteiger partial charge in [-0.25, -0.2) is 13.4 Å². The number of rotatable bonds is 8. The Labute approximate surface area is 233 Å². The van der Waals surface area contributed by atoms with Crippen LogP contribution < -0.4 is 10.6 Å². The zero-order chi connectivity index (χ0) is 28.1. The highest BCUT2D eigenvalue weighted by molar-refractivity contribution is 7.89. The highest BCUT2D eigenvalue weighted by Crippen LogP contribution is 2.28. The maximum atomic E-state index is 13.5. The summed E-state index contributed by atoms with van der Waals surface area (Å²) in [5.74, 6) is -0.945. The minimum absolute atomic E-state index is 0.114. The zero-order valence-electron chi connectivity index (χ0n) is 22.3. The van der Waals surface area contributed by atoms with E-state index in [9.17, 15) is 22.8 Å².